The summed E-state index contributed by atoms with van der Waals surface area (Å²) in [6, 6.07) is -0.414. The third kappa shape index (κ3) is 1.33. The van der Waals surface area contributed by atoms with E-state index in [4.69, 9.17) is 6.42 Å². The van der Waals surface area contributed by atoms with Crippen LogP contribution in [0.15, 0.2) is 11.1 Å². The summed E-state index contributed by atoms with van der Waals surface area (Å²) in [6.45, 7) is 5.16. The van der Waals surface area contributed by atoms with E-state index in [9.17, 15) is 9.59 Å². The van der Waals surface area contributed by atoms with Gasteiger partial charge in [-0.2, -0.15) is 0 Å². The molecule has 14 heavy (non-hydrogen) atoms. The predicted octanol–water partition coefficient (Wildman–Crippen LogP) is 1.10. The summed E-state index contributed by atoms with van der Waals surface area (Å²) < 4.78 is 0. The molecule has 0 fully saturated rings. The predicted molar refractivity (Wildman–Crippen MR) is 53.1 cm³/mol. The molecule has 1 rings (SSSR count). The highest BCUT2D eigenvalue weighted by molar-refractivity contribution is 6.19. The number of rotatable bonds is 2. The van der Waals surface area contributed by atoms with E-state index in [1.807, 2.05) is 6.92 Å². The molecule has 2 amide bonds. The molecule has 1 aliphatic rings. The topological polar surface area (TPSA) is 37.4 Å². The Kier molecular flexibility index (Phi) is 2.76. The van der Waals surface area contributed by atoms with Gasteiger partial charge in [-0.05, 0) is 20.3 Å². The lowest BCUT2D eigenvalue weighted by Crippen LogP contribution is -2.39. The lowest BCUT2D eigenvalue weighted by atomic mass is 10.2. The fourth-order valence-corrected chi connectivity index (χ4v) is 1.43. The number of hydrogen-bond donors (Lipinski definition) is 0. The van der Waals surface area contributed by atoms with Crippen LogP contribution >= 0.6 is 0 Å². The van der Waals surface area contributed by atoms with E-state index in [0.717, 1.165) is 0 Å². The Balaban J connectivity index is 3.04. The number of nitrogens with zero attached hydrogens (tertiary/aromatic N) is 1. The van der Waals surface area contributed by atoms with Gasteiger partial charge in [0, 0.05) is 11.1 Å². The van der Waals surface area contributed by atoms with Crippen LogP contribution in [0.2, 0.25) is 0 Å². The first-order valence-electron chi connectivity index (χ1n) is 4.56. The van der Waals surface area contributed by atoms with E-state index >= 15 is 0 Å². The molecule has 0 saturated heterocycles. The Bertz CT molecular complexity index is 336. The maximum atomic E-state index is 11.6. The molecule has 3 nitrogen and oxygen atoms in total. The minimum atomic E-state index is -0.414. The van der Waals surface area contributed by atoms with Gasteiger partial charge >= 0.3 is 0 Å². The van der Waals surface area contributed by atoms with Crippen molar-refractivity contribution in [3.05, 3.63) is 11.1 Å². The van der Waals surface area contributed by atoms with Crippen molar-refractivity contribution in [2.45, 2.75) is 33.2 Å². The zero-order chi connectivity index (χ0) is 10.9. The van der Waals surface area contributed by atoms with Gasteiger partial charge in [0.1, 0.15) is 6.04 Å². The van der Waals surface area contributed by atoms with Gasteiger partial charge in [0.25, 0.3) is 11.8 Å². The molecule has 0 saturated carbocycles. The molecule has 0 radical (unpaired) electrons. The highest BCUT2D eigenvalue weighted by Crippen LogP contribution is 2.22. The van der Waals surface area contributed by atoms with Gasteiger partial charge in [-0.3, -0.25) is 14.5 Å². The van der Waals surface area contributed by atoms with Crippen molar-refractivity contribution < 1.29 is 9.59 Å². The van der Waals surface area contributed by atoms with Gasteiger partial charge in [0.15, 0.2) is 0 Å². The maximum absolute atomic E-state index is 11.6. The molecule has 0 bridgehead atoms. The first-order chi connectivity index (χ1) is 6.54. The molecule has 0 aromatic carbocycles. The number of carbonyl (C=O) groups is 2. The van der Waals surface area contributed by atoms with Crippen molar-refractivity contribution in [3.63, 3.8) is 0 Å². The Morgan fingerprint density at radius 1 is 1.29 bits per heavy atom. The molecule has 0 aromatic heterocycles. The maximum Gasteiger partial charge on any atom is 0.257 e. The lowest BCUT2D eigenvalue weighted by molar-refractivity contribution is -0.139. The summed E-state index contributed by atoms with van der Waals surface area (Å²) in [5.74, 6) is 1.95. The largest absolute Gasteiger partial charge is 0.269 e. The van der Waals surface area contributed by atoms with Crippen molar-refractivity contribution in [1.29, 1.82) is 0 Å². The van der Waals surface area contributed by atoms with Crippen LogP contribution in [-0.2, 0) is 9.59 Å². The lowest BCUT2D eigenvalue weighted by Gasteiger charge is -2.20. The van der Waals surface area contributed by atoms with Crippen molar-refractivity contribution in [3.8, 4) is 12.3 Å². The molecular weight excluding hydrogens is 178 g/mol. The molecule has 1 unspecified atom stereocenters. The van der Waals surface area contributed by atoms with Crippen LogP contribution in [0.1, 0.15) is 27.2 Å². The minimum absolute atomic E-state index is 0.252. The minimum Gasteiger partial charge on any atom is -0.269 e. The highest BCUT2D eigenvalue weighted by atomic mass is 16.2. The molecule has 1 aliphatic heterocycles. The first-order valence-corrected chi connectivity index (χ1v) is 4.56. The van der Waals surface area contributed by atoms with Gasteiger partial charge in [0.05, 0.1) is 0 Å². The average molecular weight is 191 g/mol. The van der Waals surface area contributed by atoms with Crippen LogP contribution in [0, 0.1) is 12.3 Å². The second kappa shape index (κ2) is 3.67. The SMILES string of the molecule is C#CC(CC)N1C(=O)C(C)=C(C)C1=O. The van der Waals surface area contributed by atoms with E-state index in [2.05, 4.69) is 5.92 Å². The molecule has 0 aromatic rings. The van der Waals surface area contributed by atoms with Crippen LogP contribution < -0.4 is 0 Å². The fourth-order valence-electron chi connectivity index (χ4n) is 1.43. The molecule has 1 atom stereocenters. The van der Waals surface area contributed by atoms with Crippen molar-refractivity contribution in [1.82, 2.24) is 4.90 Å². The summed E-state index contributed by atoms with van der Waals surface area (Å²) in [5, 5.41) is 0. The summed E-state index contributed by atoms with van der Waals surface area (Å²) in [4.78, 5) is 24.4. The van der Waals surface area contributed by atoms with Crippen molar-refractivity contribution in [2.75, 3.05) is 0 Å². The number of imide groups is 1. The van der Waals surface area contributed by atoms with Crippen LogP contribution in [0.25, 0.3) is 0 Å². The van der Waals surface area contributed by atoms with E-state index in [1.54, 1.807) is 13.8 Å². The van der Waals surface area contributed by atoms with E-state index in [0.29, 0.717) is 17.6 Å². The Morgan fingerprint density at radius 3 is 2.00 bits per heavy atom. The van der Waals surface area contributed by atoms with Gasteiger partial charge in [-0.1, -0.05) is 12.8 Å². The molecule has 3 heteroatoms. The monoisotopic (exact) mass is 191 g/mol. The van der Waals surface area contributed by atoms with Crippen LogP contribution in [0.4, 0.5) is 0 Å². The van der Waals surface area contributed by atoms with Crippen LogP contribution in [0.5, 0.6) is 0 Å². The van der Waals surface area contributed by atoms with Gasteiger partial charge in [0.2, 0.25) is 0 Å². The number of hydrogen-bond acceptors (Lipinski definition) is 2. The fraction of sp³-hybridized carbons (Fsp3) is 0.455. The van der Waals surface area contributed by atoms with Gasteiger partial charge < -0.3 is 0 Å². The standard InChI is InChI=1S/C11H13NO2/c1-5-9(6-2)12-10(13)7(3)8(4)11(12)14/h1,9H,6H2,2-4H3. The van der Waals surface area contributed by atoms with Crippen LogP contribution in [-0.4, -0.2) is 22.8 Å². The zero-order valence-corrected chi connectivity index (χ0v) is 8.63. The van der Waals surface area contributed by atoms with Crippen LogP contribution in [0.3, 0.4) is 0 Å². The molecule has 74 valence electrons. The summed E-state index contributed by atoms with van der Waals surface area (Å²) in [6.07, 6.45) is 5.86. The zero-order valence-electron chi connectivity index (χ0n) is 8.63. The summed E-state index contributed by atoms with van der Waals surface area (Å²) in [7, 11) is 0. The average Bonchev–Trinajstić information content (AvgIpc) is 2.37. The quantitative estimate of drug-likeness (QED) is 0.484. The Labute approximate surface area is 83.8 Å². The van der Waals surface area contributed by atoms with Crippen molar-refractivity contribution >= 4 is 11.8 Å². The normalized spacial score (nSPS) is 18.9. The molecule has 0 spiro atoms. The second-order valence-corrected chi connectivity index (χ2v) is 3.32. The third-order valence-corrected chi connectivity index (χ3v) is 2.53. The second-order valence-electron chi connectivity index (χ2n) is 3.32. The van der Waals surface area contributed by atoms with Gasteiger partial charge in [-0.15, -0.1) is 6.42 Å². The first kappa shape index (κ1) is 10.5. The molecular formula is C11H13NO2. The van der Waals surface area contributed by atoms with Gasteiger partial charge in [-0.25, -0.2) is 0 Å². The van der Waals surface area contributed by atoms with Crippen molar-refractivity contribution in [2.24, 2.45) is 0 Å². The third-order valence-electron chi connectivity index (χ3n) is 2.53. The highest BCUT2D eigenvalue weighted by Gasteiger charge is 2.36. The number of terminal acetylenes is 1. The van der Waals surface area contributed by atoms with E-state index in [1.165, 1.54) is 4.90 Å². The number of carbonyl (C=O) groups excluding carboxylic acids is 2. The van der Waals surface area contributed by atoms with E-state index < -0.39 is 6.04 Å². The Hall–Kier alpha value is -1.56. The smallest absolute Gasteiger partial charge is 0.257 e. The summed E-state index contributed by atoms with van der Waals surface area (Å²) >= 11 is 0. The molecule has 0 N–H and O–H groups in total. The molecule has 1 heterocycles. The molecule has 0 aliphatic carbocycles. The number of amides is 2. The Morgan fingerprint density at radius 2 is 1.71 bits per heavy atom. The van der Waals surface area contributed by atoms with E-state index in [-0.39, 0.29) is 11.8 Å². The summed E-state index contributed by atoms with van der Waals surface area (Å²) in [5.41, 5.74) is 1.01.